The van der Waals surface area contributed by atoms with Gasteiger partial charge in [-0.1, -0.05) is 12.1 Å². The highest BCUT2D eigenvalue weighted by molar-refractivity contribution is 7.13. The van der Waals surface area contributed by atoms with Crippen molar-refractivity contribution in [3.63, 3.8) is 0 Å². The first kappa shape index (κ1) is 15.4. The lowest BCUT2D eigenvalue weighted by molar-refractivity contribution is 0.245. The van der Waals surface area contributed by atoms with Gasteiger partial charge in [0.1, 0.15) is 5.82 Å². The van der Waals surface area contributed by atoms with Crippen molar-refractivity contribution in [3.05, 3.63) is 65.2 Å². The van der Waals surface area contributed by atoms with Crippen LogP contribution in [0.2, 0.25) is 0 Å². The number of likely N-dealkylation sites (tertiary alicyclic amines) is 1. The summed E-state index contributed by atoms with van der Waals surface area (Å²) >= 11 is 1.56. The normalized spacial score (nSPS) is 18.1. The zero-order chi connectivity index (χ0) is 16.4. The summed E-state index contributed by atoms with van der Waals surface area (Å²) in [4.78, 5) is 15.5. The maximum atomic E-state index is 13.5. The second kappa shape index (κ2) is 6.75. The summed E-state index contributed by atoms with van der Waals surface area (Å²) in [7, 11) is 0. The molecule has 1 aliphatic rings. The first-order valence-corrected chi connectivity index (χ1v) is 8.89. The number of hydrogen-bond acceptors (Lipinski definition) is 5. The number of nitrogens with zero attached hydrogens (tertiary/aromatic N) is 4. The molecule has 6 heteroatoms. The number of halogens is 1. The second-order valence-corrected chi connectivity index (χ2v) is 6.76. The summed E-state index contributed by atoms with van der Waals surface area (Å²) in [5.41, 5.74) is 2.07. The predicted molar refractivity (Wildman–Crippen MR) is 91.9 cm³/mol. The minimum absolute atomic E-state index is 0.170. The van der Waals surface area contributed by atoms with Crippen LogP contribution in [0.25, 0.3) is 10.8 Å². The third kappa shape index (κ3) is 3.20. The Morgan fingerprint density at radius 2 is 2.08 bits per heavy atom. The fraction of sp³-hybridized carbons (Fsp3) is 0.278. The number of hydrogen-bond donors (Lipinski definition) is 0. The van der Waals surface area contributed by atoms with Crippen LogP contribution in [0.4, 0.5) is 4.39 Å². The van der Waals surface area contributed by atoms with Crippen molar-refractivity contribution in [1.82, 2.24) is 19.9 Å². The molecule has 1 aromatic carbocycles. The second-order valence-electron chi connectivity index (χ2n) is 5.90. The van der Waals surface area contributed by atoms with Crippen LogP contribution >= 0.6 is 11.3 Å². The van der Waals surface area contributed by atoms with Gasteiger partial charge in [0.15, 0.2) is 10.8 Å². The molecule has 0 N–H and O–H groups in total. The number of aromatic nitrogens is 3. The van der Waals surface area contributed by atoms with E-state index in [1.54, 1.807) is 41.9 Å². The molecule has 0 radical (unpaired) electrons. The lowest BCUT2D eigenvalue weighted by atomic mass is 10.0. The van der Waals surface area contributed by atoms with E-state index in [-0.39, 0.29) is 11.9 Å². The molecule has 1 aliphatic heterocycles. The van der Waals surface area contributed by atoms with Gasteiger partial charge < -0.3 is 0 Å². The van der Waals surface area contributed by atoms with Crippen molar-refractivity contribution in [2.45, 2.75) is 25.4 Å². The SMILES string of the molecule is Fc1cccc(C2CCCN2Cc2csc(-c3ncccn3)n2)c1. The maximum absolute atomic E-state index is 13.5. The Balaban J connectivity index is 1.51. The number of benzene rings is 1. The lowest BCUT2D eigenvalue weighted by Gasteiger charge is -2.24. The van der Waals surface area contributed by atoms with Gasteiger partial charge in [-0.05, 0) is 43.1 Å². The zero-order valence-electron chi connectivity index (χ0n) is 13.1. The zero-order valence-corrected chi connectivity index (χ0v) is 13.9. The van der Waals surface area contributed by atoms with Crippen LogP contribution < -0.4 is 0 Å². The summed E-state index contributed by atoms with van der Waals surface area (Å²) < 4.78 is 13.5. The highest BCUT2D eigenvalue weighted by Crippen LogP contribution is 2.33. The van der Waals surface area contributed by atoms with Crippen LogP contribution in [0.15, 0.2) is 48.1 Å². The topological polar surface area (TPSA) is 41.9 Å². The van der Waals surface area contributed by atoms with E-state index >= 15 is 0 Å². The first-order valence-electron chi connectivity index (χ1n) is 8.01. The standard InChI is InChI=1S/C18H17FN4S/c19-14-5-1-4-13(10-14)16-6-2-9-23(16)11-15-12-24-18(22-15)17-20-7-3-8-21-17/h1,3-5,7-8,10,12,16H,2,6,9,11H2. The molecule has 1 atom stereocenters. The Morgan fingerprint density at radius 3 is 2.92 bits per heavy atom. The van der Waals surface area contributed by atoms with Crippen molar-refractivity contribution < 1.29 is 4.39 Å². The largest absolute Gasteiger partial charge is 0.290 e. The Labute approximate surface area is 144 Å². The summed E-state index contributed by atoms with van der Waals surface area (Å²) in [5, 5.41) is 2.90. The van der Waals surface area contributed by atoms with Gasteiger partial charge in [0.25, 0.3) is 0 Å². The minimum Gasteiger partial charge on any atom is -0.290 e. The Hall–Kier alpha value is -2.18. The van der Waals surface area contributed by atoms with Gasteiger partial charge in [-0.25, -0.2) is 19.3 Å². The lowest BCUT2D eigenvalue weighted by Crippen LogP contribution is -2.23. The minimum atomic E-state index is -0.170. The molecule has 0 aliphatic carbocycles. The van der Waals surface area contributed by atoms with E-state index < -0.39 is 0 Å². The van der Waals surface area contributed by atoms with Gasteiger partial charge in [0.05, 0.1) is 5.69 Å². The van der Waals surface area contributed by atoms with Crippen LogP contribution in [0.3, 0.4) is 0 Å². The van der Waals surface area contributed by atoms with Crippen LogP contribution in [0, 0.1) is 5.82 Å². The van der Waals surface area contributed by atoms with Crippen LogP contribution in [-0.4, -0.2) is 26.4 Å². The van der Waals surface area contributed by atoms with Gasteiger partial charge in [-0.2, -0.15) is 0 Å². The summed E-state index contributed by atoms with van der Waals surface area (Å²) in [6, 6.07) is 9.00. The van der Waals surface area contributed by atoms with Crippen LogP contribution in [-0.2, 0) is 6.54 Å². The molecule has 122 valence electrons. The molecule has 0 spiro atoms. The van der Waals surface area contributed by atoms with E-state index in [0.717, 1.165) is 42.2 Å². The quantitative estimate of drug-likeness (QED) is 0.718. The molecular weight excluding hydrogens is 323 g/mol. The summed E-state index contributed by atoms with van der Waals surface area (Å²) in [6.07, 6.45) is 5.63. The molecule has 1 saturated heterocycles. The highest BCUT2D eigenvalue weighted by atomic mass is 32.1. The van der Waals surface area contributed by atoms with Gasteiger partial charge in [-0.3, -0.25) is 4.90 Å². The van der Waals surface area contributed by atoms with Gasteiger partial charge in [0.2, 0.25) is 0 Å². The van der Waals surface area contributed by atoms with E-state index in [1.807, 2.05) is 6.07 Å². The fourth-order valence-corrected chi connectivity index (χ4v) is 3.96. The van der Waals surface area contributed by atoms with Crippen molar-refractivity contribution >= 4 is 11.3 Å². The predicted octanol–water partition coefficient (Wildman–Crippen LogP) is 4.08. The van der Waals surface area contributed by atoms with Crippen LogP contribution in [0.1, 0.15) is 30.1 Å². The Bertz CT molecular complexity index is 821. The molecule has 0 amide bonds. The van der Waals surface area contributed by atoms with Crippen molar-refractivity contribution in [1.29, 1.82) is 0 Å². The molecule has 4 rings (SSSR count). The average molecular weight is 340 g/mol. The highest BCUT2D eigenvalue weighted by Gasteiger charge is 2.26. The van der Waals surface area contributed by atoms with Crippen molar-refractivity contribution in [2.24, 2.45) is 0 Å². The molecule has 0 bridgehead atoms. The van der Waals surface area contributed by atoms with Crippen LogP contribution in [0.5, 0.6) is 0 Å². The molecule has 1 fully saturated rings. The maximum Gasteiger partial charge on any atom is 0.188 e. The van der Waals surface area contributed by atoms with E-state index in [0.29, 0.717) is 5.82 Å². The van der Waals surface area contributed by atoms with Gasteiger partial charge >= 0.3 is 0 Å². The monoisotopic (exact) mass is 340 g/mol. The van der Waals surface area contributed by atoms with E-state index in [1.165, 1.54) is 6.07 Å². The van der Waals surface area contributed by atoms with Crippen molar-refractivity contribution in [3.8, 4) is 10.8 Å². The molecule has 0 saturated carbocycles. The van der Waals surface area contributed by atoms with E-state index in [9.17, 15) is 4.39 Å². The number of rotatable bonds is 4. The molecule has 1 unspecified atom stereocenters. The Morgan fingerprint density at radius 1 is 1.21 bits per heavy atom. The van der Waals surface area contributed by atoms with E-state index in [4.69, 9.17) is 0 Å². The average Bonchev–Trinajstić information content (AvgIpc) is 3.26. The molecule has 3 aromatic rings. The summed E-state index contributed by atoms with van der Waals surface area (Å²) in [5.74, 6) is 0.494. The molecule has 4 nitrogen and oxygen atoms in total. The third-order valence-corrected chi connectivity index (χ3v) is 5.16. The Kier molecular flexibility index (Phi) is 4.32. The van der Waals surface area contributed by atoms with E-state index in [2.05, 4.69) is 25.2 Å². The first-order chi connectivity index (χ1) is 11.8. The van der Waals surface area contributed by atoms with Crippen molar-refractivity contribution in [2.75, 3.05) is 6.54 Å². The molecular formula is C18H17FN4S. The van der Waals surface area contributed by atoms with Gasteiger partial charge in [0, 0.05) is 30.4 Å². The number of thiazole rings is 1. The smallest absolute Gasteiger partial charge is 0.188 e. The van der Waals surface area contributed by atoms with Gasteiger partial charge in [-0.15, -0.1) is 11.3 Å². The fourth-order valence-electron chi connectivity index (χ4n) is 3.21. The molecule has 2 aromatic heterocycles. The molecule has 24 heavy (non-hydrogen) atoms. The molecule has 3 heterocycles. The third-order valence-electron chi connectivity index (χ3n) is 4.27. The summed E-state index contributed by atoms with van der Waals surface area (Å²) in [6.45, 7) is 1.78.